The standard InChI is InChI=1S/C9H9N5O/c10-9(15)8-4-1-2-6-5(3-11-12-6)7(4)13-14-8/h3H,1-2H2,(H2,10,15)(H,11,12)(H,13,14). The lowest BCUT2D eigenvalue weighted by Crippen LogP contribution is -2.15. The Morgan fingerprint density at radius 2 is 2.27 bits per heavy atom. The zero-order valence-electron chi connectivity index (χ0n) is 7.87. The number of rotatable bonds is 1. The van der Waals surface area contributed by atoms with Crippen LogP contribution in [0, 0.1) is 0 Å². The van der Waals surface area contributed by atoms with Crippen molar-refractivity contribution < 1.29 is 4.79 Å². The van der Waals surface area contributed by atoms with Gasteiger partial charge in [-0.15, -0.1) is 0 Å². The summed E-state index contributed by atoms with van der Waals surface area (Å²) in [6.45, 7) is 0. The largest absolute Gasteiger partial charge is 0.364 e. The Hall–Kier alpha value is -2.11. The van der Waals surface area contributed by atoms with Crippen LogP contribution in [0.1, 0.15) is 21.7 Å². The smallest absolute Gasteiger partial charge is 0.267 e. The van der Waals surface area contributed by atoms with Crippen LogP contribution in [0.25, 0.3) is 11.3 Å². The summed E-state index contributed by atoms with van der Waals surface area (Å²) in [6, 6.07) is 0. The number of amides is 1. The van der Waals surface area contributed by atoms with Crippen LogP contribution in [-0.4, -0.2) is 26.3 Å². The Bertz CT molecular complexity index is 538. The summed E-state index contributed by atoms with van der Waals surface area (Å²) in [5.41, 5.74) is 9.37. The number of fused-ring (bicyclic) bond motifs is 3. The second-order valence-corrected chi connectivity index (χ2v) is 3.55. The van der Waals surface area contributed by atoms with Crippen molar-refractivity contribution in [2.75, 3.05) is 0 Å². The Labute approximate surface area is 84.9 Å². The molecule has 0 spiro atoms. The molecular weight excluding hydrogens is 194 g/mol. The minimum atomic E-state index is -0.462. The van der Waals surface area contributed by atoms with E-state index in [9.17, 15) is 4.79 Å². The molecule has 0 aromatic carbocycles. The lowest BCUT2D eigenvalue weighted by Gasteiger charge is -2.09. The van der Waals surface area contributed by atoms with Gasteiger partial charge in [0, 0.05) is 16.8 Å². The molecule has 1 aliphatic rings. The van der Waals surface area contributed by atoms with Gasteiger partial charge in [0.15, 0.2) is 0 Å². The zero-order chi connectivity index (χ0) is 10.4. The molecule has 0 fully saturated rings. The number of primary amides is 1. The molecule has 6 heteroatoms. The van der Waals surface area contributed by atoms with E-state index >= 15 is 0 Å². The number of carbonyl (C=O) groups excluding carboxylic acids is 1. The molecule has 4 N–H and O–H groups in total. The number of H-pyrrole nitrogens is 2. The van der Waals surface area contributed by atoms with Crippen LogP contribution in [0.4, 0.5) is 0 Å². The number of aromatic nitrogens is 4. The van der Waals surface area contributed by atoms with Gasteiger partial charge in [0.05, 0.1) is 11.9 Å². The molecule has 0 unspecified atom stereocenters. The molecule has 1 amide bonds. The third-order valence-electron chi connectivity index (χ3n) is 2.71. The number of aromatic amines is 2. The van der Waals surface area contributed by atoms with Crippen molar-refractivity contribution in [2.45, 2.75) is 12.8 Å². The highest BCUT2D eigenvalue weighted by molar-refractivity contribution is 5.94. The molecule has 0 aliphatic heterocycles. The van der Waals surface area contributed by atoms with Crippen molar-refractivity contribution in [3.63, 3.8) is 0 Å². The SMILES string of the molecule is NC(=O)c1[nH]nc2c1CCc1[nH]ncc1-2. The molecule has 15 heavy (non-hydrogen) atoms. The highest BCUT2D eigenvalue weighted by Gasteiger charge is 2.25. The minimum absolute atomic E-state index is 0.414. The monoisotopic (exact) mass is 203 g/mol. The third kappa shape index (κ3) is 1.01. The fourth-order valence-corrected chi connectivity index (χ4v) is 1.99. The van der Waals surface area contributed by atoms with E-state index < -0.39 is 5.91 Å². The predicted molar refractivity (Wildman–Crippen MR) is 52.1 cm³/mol. The van der Waals surface area contributed by atoms with Crippen molar-refractivity contribution in [1.29, 1.82) is 0 Å². The molecule has 2 aromatic heterocycles. The van der Waals surface area contributed by atoms with Crippen LogP contribution >= 0.6 is 0 Å². The summed E-state index contributed by atoms with van der Waals surface area (Å²) in [5.74, 6) is -0.462. The van der Waals surface area contributed by atoms with Crippen LogP contribution in [0.3, 0.4) is 0 Å². The number of hydrogen-bond donors (Lipinski definition) is 3. The van der Waals surface area contributed by atoms with Crippen molar-refractivity contribution in [3.05, 3.63) is 23.1 Å². The number of hydrogen-bond acceptors (Lipinski definition) is 3. The lowest BCUT2D eigenvalue weighted by atomic mass is 9.94. The summed E-state index contributed by atoms with van der Waals surface area (Å²) in [4.78, 5) is 11.1. The van der Waals surface area contributed by atoms with Crippen LogP contribution in [0.5, 0.6) is 0 Å². The highest BCUT2D eigenvalue weighted by Crippen LogP contribution is 2.31. The molecule has 0 radical (unpaired) electrons. The van der Waals surface area contributed by atoms with Crippen LogP contribution in [-0.2, 0) is 12.8 Å². The Balaban J connectivity index is 2.23. The van der Waals surface area contributed by atoms with Gasteiger partial charge in [-0.3, -0.25) is 15.0 Å². The summed E-state index contributed by atoms with van der Waals surface area (Å²) >= 11 is 0. The molecule has 0 atom stereocenters. The van der Waals surface area contributed by atoms with Gasteiger partial charge in [0.1, 0.15) is 5.69 Å². The van der Waals surface area contributed by atoms with Crippen molar-refractivity contribution in [3.8, 4) is 11.3 Å². The Morgan fingerprint density at radius 1 is 1.40 bits per heavy atom. The molecule has 0 saturated heterocycles. The van der Waals surface area contributed by atoms with Crippen LogP contribution in [0.15, 0.2) is 6.20 Å². The molecular formula is C9H9N5O. The van der Waals surface area contributed by atoms with E-state index in [4.69, 9.17) is 5.73 Å². The quantitative estimate of drug-likeness (QED) is 0.608. The average molecular weight is 203 g/mol. The van der Waals surface area contributed by atoms with Gasteiger partial charge < -0.3 is 5.73 Å². The Morgan fingerprint density at radius 3 is 3.07 bits per heavy atom. The Kier molecular flexibility index (Phi) is 1.47. The average Bonchev–Trinajstić information content (AvgIpc) is 2.82. The first-order valence-electron chi connectivity index (χ1n) is 4.67. The first-order chi connectivity index (χ1) is 7.27. The second-order valence-electron chi connectivity index (χ2n) is 3.55. The number of carbonyl (C=O) groups is 1. The maximum atomic E-state index is 11.1. The van der Waals surface area contributed by atoms with Crippen LogP contribution < -0.4 is 5.73 Å². The summed E-state index contributed by atoms with van der Waals surface area (Å²) < 4.78 is 0. The molecule has 2 heterocycles. The van der Waals surface area contributed by atoms with Gasteiger partial charge in [-0.25, -0.2) is 0 Å². The molecule has 76 valence electrons. The number of nitrogens with zero attached hydrogens (tertiary/aromatic N) is 2. The first-order valence-corrected chi connectivity index (χ1v) is 4.67. The van der Waals surface area contributed by atoms with E-state index in [1.54, 1.807) is 6.20 Å². The van der Waals surface area contributed by atoms with E-state index in [-0.39, 0.29) is 0 Å². The fourth-order valence-electron chi connectivity index (χ4n) is 1.99. The normalized spacial score (nSPS) is 13.3. The lowest BCUT2D eigenvalue weighted by molar-refractivity contribution is 0.0994. The topological polar surface area (TPSA) is 100 Å². The number of nitrogens with one attached hydrogen (secondary N) is 2. The first kappa shape index (κ1) is 8.22. The second kappa shape index (κ2) is 2.69. The molecule has 2 aromatic rings. The maximum absolute atomic E-state index is 11.1. The molecule has 3 rings (SSSR count). The fraction of sp³-hybridized carbons (Fsp3) is 0.222. The zero-order valence-corrected chi connectivity index (χ0v) is 7.87. The van der Waals surface area contributed by atoms with Gasteiger partial charge >= 0.3 is 0 Å². The number of aryl methyl sites for hydroxylation is 1. The molecule has 6 nitrogen and oxygen atoms in total. The highest BCUT2D eigenvalue weighted by atomic mass is 16.1. The van der Waals surface area contributed by atoms with E-state index in [1.807, 2.05) is 0 Å². The molecule has 0 saturated carbocycles. The summed E-state index contributed by atoms with van der Waals surface area (Å²) in [6.07, 6.45) is 3.32. The van der Waals surface area contributed by atoms with Crippen molar-refractivity contribution >= 4 is 5.91 Å². The van der Waals surface area contributed by atoms with Gasteiger partial charge in [0.25, 0.3) is 5.91 Å². The maximum Gasteiger partial charge on any atom is 0.267 e. The van der Waals surface area contributed by atoms with E-state index in [0.29, 0.717) is 5.69 Å². The van der Waals surface area contributed by atoms with Gasteiger partial charge in [0.2, 0.25) is 0 Å². The number of nitrogens with two attached hydrogens (primary N) is 1. The van der Waals surface area contributed by atoms with Gasteiger partial charge in [-0.05, 0) is 12.8 Å². The minimum Gasteiger partial charge on any atom is -0.364 e. The van der Waals surface area contributed by atoms with Gasteiger partial charge in [-0.1, -0.05) is 0 Å². The van der Waals surface area contributed by atoms with Crippen molar-refractivity contribution in [2.24, 2.45) is 5.73 Å². The van der Waals surface area contributed by atoms with Crippen LogP contribution in [0.2, 0.25) is 0 Å². The molecule has 1 aliphatic carbocycles. The van der Waals surface area contributed by atoms with Gasteiger partial charge in [-0.2, -0.15) is 10.2 Å². The predicted octanol–water partition coefficient (Wildman–Crippen LogP) is -0.00270. The van der Waals surface area contributed by atoms with Crippen molar-refractivity contribution in [1.82, 2.24) is 20.4 Å². The summed E-state index contributed by atoms with van der Waals surface area (Å²) in [7, 11) is 0. The van der Waals surface area contributed by atoms with E-state index in [0.717, 1.165) is 35.4 Å². The van der Waals surface area contributed by atoms with E-state index in [1.165, 1.54) is 0 Å². The molecule has 0 bridgehead atoms. The third-order valence-corrected chi connectivity index (χ3v) is 2.71. The summed E-state index contributed by atoms with van der Waals surface area (Å²) in [5, 5.41) is 13.7. The van der Waals surface area contributed by atoms with E-state index in [2.05, 4.69) is 20.4 Å².